The van der Waals surface area contributed by atoms with Gasteiger partial charge < -0.3 is 20.6 Å². The topological polar surface area (TPSA) is 145 Å². The minimum absolute atomic E-state index is 0.0796. The van der Waals surface area contributed by atoms with Crippen molar-refractivity contribution in [3.63, 3.8) is 0 Å². The number of nitrogens with one attached hydrogen (secondary N) is 1. The Labute approximate surface area is 201 Å². The van der Waals surface area contributed by atoms with Gasteiger partial charge in [-0.05, 0) is 37.5 Å². The first-order valence-corrected chi connectivity index (χ1v) is 11.5. The molecule has 1 fully saturated rings. The van der Waals surface area contributed by atoms with Crippen molar-refractivity contribution in [2.24, 2.45) is 0 Å². The van der Waals surface area contributed by atoms with Crippen LogP contribution in [0.2, 0.25) is 0 Å². The second-order valence-electron chi connectivity index (χ2n) is 8.39. The van der Waals surface area contributed by atoms with Crippen molar-refractivity contribution < 1.29 is 9.52 Å². The van der Waals surface area contributed by atoms with E-state index < -0.39 is 0 Å². The highest BCUT2D eigenvalue weighted by Gasteiger charge is 2.32. The van der Waals surface area contributed by atoms with Gasteiger partial charge in [0.15, 0.2) is 0 Å². The Morgan fingerprint density at radius 1 is 1.31 bits per heavy atom. The number of aromatic nitrogens is 5. The monoisotopic (exact) mass is 471 g/mol. The van der Waals surface area contributed by atoms with Crippen LogP contribution in [-0.2, 0) is 0 Å². The number of hydrogen-bond acceptors (Lipinski definition) is 9. The fraction of sp³-hybridized carbons (Fsp3) is 0.320. The summed E-state index contributed by atoms with van der Waals surface area (Å²) in [7, 11) is 0. The highest BCUT2D eigenvalue weighted by molar-refractivity contribution is 5.85. The predicted molar refractivity (Wildman–Crippen MR) is 132 cm³/mol. The van der Waals surface area contributed by atoms with E-state index in [1.54, 1.807) is 35.9 Å². The summed E-state index contributed by atoms with van der Waals surface area (Å²) in [5, 5.41) is 21.0. The van der Waals surface area contributed by atoms with Gasteiger partial charge in [0, 0.05) is 30.4 Å². The first-order chi connectivity index (χ1) is 17.0. The lowest BCUT2D eigenvalue weighted by Gasteiger charge is -2.23. The highest BCUT2D eigenvalue weighted by atomic mass is 16.4. The van der Waals surface area contributed by atoms with E-state index in [4.69, 9.17) is 20.2 Å². The Morgan fingerprint density at radius 2 is 2.14 bits per heavy atom. The van der Waals surface area contributed by atoms with Crippen LogP contribution in [0.25, 0.3) is 22.4 Å². The number of aryl methyl sites for hydroxylation is 1. The van der Waals surface area contributed by atoms with E-state index in [0.29, 0.717) is 51.7 Å². The fourth-order valence-electron chi connectivity index (χ4n) is 4.15. The molecule has 10 heteroatoms. The predicted octanol–water partition coefficient (Wildman–Crippen LogP) is 2.97. The van der Waals surface area contributed by atoms with Crippen molar-refractivity contribution in [2.75, 3.05) is 17.7 Å². The Bertz CT molecular complexity index is 1530. The molecule has 1 aromatic carbocycles. The number of nitrogens with zero attached hydrogens (tertiary/aromatic N) is 5. The Kier molecular flexibility index (Phi) is 5.93. The van der Waals surface area contributed by atoms with Crippen molar-refractivity contribution >= 4 is 22.4 Å². The van der Waals surface area contributed by atoms with Crippen molar-refractivity contribution in [3.8, 4) is 23.3 Å². The maximum Gasteiger partial charge on any atom is 0.262 e. The number of nitrogen functional groups attached to an aromatic ring is 1. The SMILES string of the molecule is CC[C@H](Nc1nccc(N)c1-c1nnc(C)o1)c1nc2cccc(C#CCO)c2c(=O)n1C1CC1. The van der Waals surface area contributed by atoms with Gasteiger partial charge in [0.2, 0.25) is 5.89 Å². The summed E-state index contributed by atoms with van der Waals surface area (Å²) >= 11 is 0. The molecule has 1 atom stereocenters. The van der Waals surface area contributed by atoms with Crippen molar-refractivity contribution in [3.05, 3.63) is 58.1 Å². The molecule has 3 aromatic heterocycles. The Morgan fingerprint density at radius 3 is 2.83 bits per heavy atom. The second-order valence-corrected chi connectivity index (χ2v) is 8.39. The lowest BCUT2D eigenvalue weighted by Crippen LogP contribution is -2.29. The van der Waals surface area contributed by atoms with E-state index in [-0.39, 0.29) is 30.1 Å². The average Bonchev–Trinajstić information content (AvgIpc) is 3.60. The molecule has 3 heterocycles. The Hall–Kier alpha value is -4.23. The molecule has 4 N–H and O–H groups in total. The van der Waals surface area contributed by atoms with Crippen molar-refractivity contribution in [2.45, 2.75) is 45.2 Å². The highest BCUT2D eigenvalue weighted by Crippen LogP contribution is 2.38. The number of rotatable bonds is 6. The molecule has 1 saturated carbocycles. The number of anilines is 2. The number of aliphatic hydroxyl groups is 1. The van der Waals surface area contributed by atoms with Crippen LogP contribution in [0.15, 0.2) is 39.7 Å². The summed E-state index contributed by atoms with van der Waals surface area (Å²) in [4.78, 5) is 23.1. The summed E-state index contributed by atoms with van der Waals surface area (Å²) in [5.74, 6) is 7.30. The number of benzene rings is 1. The van der Waals surface area contributed by atoms with Gasteiger partial charge in [-0.2, -0.15) is 0 Å². The van der Waals surface area contributed by atoms with Crippen LogP contribution in [-0.4, -0.2) is 36.4 Å². The normalized spacial score (nSPS) is 13.9. The zero-order chi connectivity index (χ0) is 24.5. The van der Waals surface area contributed by atoms with Crippen molar-refractivity contribution in [1.29, 1.82) is 0 Å². The van der Waals surface area contributed by atoms with E-state index in [1.165, 1.54) is 0 Å². The molecule has 1 aliphatic carbocycles. The third kappa shape index (κ3) is 4.22. The van der Waals surface area contributed by atoms with Gasteiger partial charge >= 0.3 is 0 Å². The van der Waals surface area contributed by atoms with Crippen LogP contribution < -0.4 is 16.6 Å². The average molecular weight is 472 g/mol. The molecule has 4 aromatic rings. The summed E-state index contributed by atoms with van der Waals surface area (Å²) in [6.07, 6.45) is 4.05. The van der Waals surface area contributed by atoms with Gasteiger partial charge in [0.05, 0.1) is 16.9 Å². The van der Waals surface area contributed by atoms with E-state index in [9.17, 15) is 4.79 Å². The van der Waals surface area contributed by atoms with Crippen LogP contribution in [0.3, 0.4) is 0 Å². The zero-order valence-electron chi connectivity index (χ0n) is 19.4. The largest absolute Gasteiger partial charge is 0.421 e. The van der Waals surface area contributed by atoms with Gasteiger partial charge in [-0.15, -0.1) is 10.2 Å². The minimum Gasteiger partial charge on any atom is -0.421 e. The minimum atomic E-state index is -0.336. The van der Waals surface area contributed by atoms with Crippen LogP contribution in [0.4, 0.5) is 11.5 Å². The first kappa shape index (κ1) is 22.6. The molecule has 0 aliphatic heterocycles. The molecule has 0 bridgehead atoms. The molecule has 0 amide bonds. The van der Waals surface area contributed by atoms with Crippen LogP contribution in [0.5, 0.6) is 0 Å². The van der Waals surface area contributed by atoms with E-state index >= 15 is 0 Å². The molecule has 35 heavy (non-hydrogen) atoms. The van der Waals surface area contributed by atoms with Crippen LogP contribution in [0, 0.1) is 18.8 Å². The van der Waals surface area contributed by atoms with Crippen LogP contribution >= 0.6 is 0 Å². The standard InChI is InChI=1S/C25H25N7O3/c1-3-18(28-22-21(17(26)11-12-27-22)24-31-30-14(2)35-24)23-29-19-8-4-6-15(7-5-13-33)20(19)25(34)32(23)16-9-10-16/h4,6,8,11-12,16,18,33H,3,9-10,13H2,1-2H3,(H3,26,27,28)/t18-/m0/s1. The molecule has 0 spiro atoms. The maximum atomic E-state index is 13.7. The second kappa shape index (κ2) is 9.19. The molecule has 5 rings (SSSR count). The van der Waals surface area contributed by atoms with Gasteiger partial charge in [-0.25, -0.2) is 9.97 Å². The van der Waals surface area contributed by atoms with Crippen LogP contribution in [0.1, 0.15) is 55.5 Å². The lowest BCUT2D eigenvalue weighted by molar-refractivity contribution is 0.350. The van der Waals surface area contributed by atoms with E-state index in [1.807, 2.05) is 13.0 Å². The zero-order valence-corrected chi connectivity index (χ0v) is 19.4. The summed E-state index contributed by atoms with van der Waals surface area (Å²) in [5.41, 5.74) is 8.18. The molecule has 10 nitrogen and oxygen atoms in total. The summed E-state index contributed by atoms with van der Waals surface area (Å²) in [6.45, 7) is 3.43. The number of nitrogens with two attached hydrogens (primary N) is 1. The quantitative estimate of drug-likeness (QED) is 0.361. The first-order valence-electron chi connectivity index (χ1n) is 11.5. The molecule has 0 radical (unpaired) electrons. The molecular formula is C25H25N7O3. The number of pyridine rings is 1. The van der Waals surface area contributed by atoms with Gasteiger partial charge in [-0.3, -0.25) is 9.36 Å². The van der Waals surface area contributed by atoms with Gasteiger partial charge in [0.1, 0.15) is 23.8 Å². The molecular weight excluding hydrogens is 446 g/mol. The smallest absolute Gasteiger partial charge is 0.262 e. The molecule has 0 unspecified atom stereocenters. The van der Waals surface area contributed by atoms with E-state index in [0.717, 1.165) is 12.8 Å². The third-order valence-electron chi connectivity index (χ3n) is 5.93. The third-order valence-corrected chi connectivity index (χ3v) is 5.93. The number of aliphatic hydroxyl groups excluding tert-OH is 1. The maximum absolute atomic E-state index is 13.7. The molecule has 0 saturated heterocycles. The number of fused-ring (bicyclic) bond motifs is 1. The van der Waals surface area contributed by atoms with Gasteiger partial charge in [-0.1, -0.05) is 24.8 Å². The molecule has 1 aliphatic rings. The Balaban J connectivity index is 1.65. The van der Waals surface area contributed by atoms with E-state index in [2.05, 4.69) is 32.3 Å². The van der Waals surface area contributed by atoms with Crippen molar-refractivity contribution in [1.82, 2.24) is 24.7 Å². The fourth-order valence-corrected chi connectivity index (χ4v) is 4.15. The van der Waals surface area contributed by atoms with Gasteiger partial charge in [0.25, 0.3) is 11.4 Å². The lowest BCUT2D eigenvalue weighted by atomic mass is 10.1. The molecule has 178 valence electrons. The summed E-state index contributed by atoms with van der Waals surface area (Å²) < 4.78 is 7.40. The summed E-state index contributed by atoms with van der Waals surface area (Å²) in [6, 6.07) is 6.80. The number of hydrogen-bond donors (Lipinski definition) is 3.